The molecule has 1 saturated heterocycles. The Bertz CT molecular complexity index is 1090. The summed E-state index contributed by atoms with van der Waals surface area (Å²) >= 11 is 0. The van der Waals surface area contributed by atoms with Gasteiger partial charge in [-0.25, -0.2) is 0 Å². The number of hydrogen-bond donors (Lipinski definition) is 1. The van der Waals surface area contributed by atoms with E-state index in [1.165, 1.54) is 22.3 Å². The summed E-state index contributed by atoms with van der Waals surface area (Å²) in [5.74, 6) is 0.0953. The first-order chi connectivity index (χ1) is 16.4. The van der Waals surface area contributed by atoms with Gasteiger partial charge in [0.15, 0.2) is 0 Å². The normalized spacial score (nSPS) is 15.8. The molecule has 0 spiro atoms. The zero-order chi connectivity index (χ0) is 24.1. The van der Waals surface area contributed by atoms with Crippen LogP contribution in [0.2, 0.25) is 0 Å². The van der Waals surface area contributed by atoms with Crippen LogP contribution >= 0.6 is 0 Å². The molecule has 34 heavy (non-hydrogen) atoms. The number of likely N-dealkylation sites (tertiary alicyclic amines) is 1. The molecule has 1 aliphatic rings. The molecule has 1 N–H and O–H groups in total. The first-order valence-corrected chi connectivity index (χ1v) is 12.3. The van der Waals surface area contributed by atoms with Crippen LogP contribution in [-0.4, -0.2) is 41.7 Å². The summed E-state index contributed by atoms with van der Waals surface area (Å²) in [6.07, 6.45) is 1.91. The SMILES string of the molecule is Cc1ccc(CCN(C(=O)C(c2ccccc2)N2CCC(O)CC2)c2ccc(C)c(C)c2)cc1. The van der Waals surface area contributed by atoms with Gasteiger partial charge in [0, 0.05) is 25.3 Å². The van der Waals surface area contributed by atoms with E-state index in [1.807, 2.05) is 35.2 Å². The van der Waals surface area contributed by atoms with Crippen molar-refractivity contribution in [1.29, 1.82) is 0 Å². The molecule has 4 nitrogen and oxygen atoms in total. The molecule has 0 bridgehead atoms. The van der Waals surface area contributed by atoms with Crippen LogP contribution in [0, 0.1) is 20.8 Å². The average Bonchev–Trinajstić information content (AvgIpc) is 2.84. The first-order valence-electron chi connectivity index (χ1n) is 12.3. The molecule has 1 amide bonds. The number of aliphatic hydroxyl groups is 1. The zero-order valence-electron chi connectivity index (χ0n) is 20.6. The molecular formula is C30H36N2O2. The summed E-state index contributed by atoms with van der Waals surface area (Å²) in [5, 5.41) is 10.1. The van der Waals surface area contributed by atoms with Gasteiger partial charge in [-0.05, 0) is 74.4 Å². The van der Waals surface area contributed by atoms with Crippen LogP contribution in [-0.2, 0) is 11.2 Å². The van der Waals surface area contributed by atoms with Gasteiger partial charge >= 0.3 is 0 Å². The van der Waals surface area contributed by atoms with E-state index in [1.54, 1.807) is 0 Å². The predicted molar refractivity (Wildman–Crippen MR) is 139 cm³/mol. The van der Waals surface area contributed by atoms with Crippen LogP contribution in [0.3, 0.4) is 0 Å². The van der Waals surface area contributed by atoms with E-state index in [2.05, 4.69) is 68.1 Å². The Kier molecular flexibility index (Phi) is 7.81. The van der Waals surface area contributed by atoms with Gasteiger partial charge < -0.3 is 10.0 Å². The van der Waals surface area contributed by atoms with Gasteiger partial charge in [-0.2, -0.15) is 0 Å². The topological polar surface area (TPSA) is 43.8 Å². The maximum atomic E-state index is 14.3. The third-order valence-electron chi connectivity index (χ3n) is 7.03. The molecule has 178 valence electrons. The maximum absolute atomic E-state index is 14.3. The summed E-state index contributed by atoms with van der Waals surface area (Å²) in [7, 11) is 0. The van der Waals surface area contributed by atoms with Crippen LogP contribution in [0.1, 0.15) is 46.7 Å². The summed E-state index contributed by atoms with van der Waals surface area (Å²) in [4.78, 5) is 18.5. The van der Waals surface area contributed by atoms with Crippen LogP contribution in [0.15, 0.2) is 72.8 Å². The number of carbonyl (C=O) groups excluding carboxylic acids is 1. The van der Waals surface area contributed by atoms with Crippen LogP contribution in [0.25, 0.3) is 0 Å². The second-order valence-corrected chi connectivity index (χ2v) is 9.57. The Morgan fingerprint density at radius 1 is 0.941 bits per heavy atom. The minimum Gasteiger partial charge on any atom is -0.393 e. The molecular weight excluding hydrogens is 420 g/mol. The van der Waals surface area contributed by atoms with Gasteiger partial charge in [0.1, 0.15) is 6.04 Å². The Hall–Kier alpha value is -2.95. The number of aryl methyl sites for hydroxylation is 3. The Balaban J connectivity index is 1.68. The summed E-state index contributed by atoms with van der Waals surface area (Å²) in [6.45, 7) is 8.33. The lowest BCUT2D eigenvalue weighted by Gasteiger charge is -2.38. The van der Waals surface area contributed by atoms with Gasteiger partial charge in [-0.1, -0.05) is 66.2 Å². The number of rotatable bonds is 7. The largest absolute Gasteiger partial charge is 0.393 e. The zero-order valence-corrected chi connectivity index (χ0v) is 20.6. The average molecular weight is 457 g/mol. The van der Waals surface area contributed by atoms with E-state index in [4.69, 9.17) is 0 Å². The standard InChI is InChI=1S/C30H36N2O2/c1-22-9-12-25(13-10-22)15-20-32(27-14-11-23(2)24(3)21-27)30(34)29(26-7-5-4-6-8-26)31-18-16-28(33)17-19-31/h4-14,21,28-29,33H,15-20H2,1-3H3. The predicted octanol–water partition coefficient (Wildman–Crippen LogP) is 5.39. The van der Waals surface area contributed by atoms with Gasteiger partial charge in [-0.3, -0.25) is 9.69 Å². The molecule has 0 aromatic heterocycles. The second-order valence-electron chi connectivity index (χ2n) is 9.57. The molecule has 1 unspecified atom stereocenters. The van der Waals surface area contributed by atoms with E-state index in [0.29, 0.717) is 32.5 Å². The molecule has 3 aromatic rings. The van der Waals surface area contributed by atoms with Crippen molar-refractivity contribution >= 4 is 11.6 Å². The van der Waals surface area contributed by atoms with Crippen molar-refractivity contribution in [2.45, 2.75) is 52.2 Å². The third-order valence-corrected chi connectivity index (χ3v) is 7.03. The third kappa shape index (κ3) is 5.75. The van der Waals surface area contributed by atoms with E-state index in [-0.39, 0.29) is 18.1 Å². The van der Waals surface area contributed by atoms with Crippen molar-refractivity contribution in [2.75, 3.05) is 24.5 Å². The molecule has 0 aliphatic carbocycles. The number of nitrogens with zero attached hydrogens (tertiary/aromatic N) is 2. The van der Waals surface area contributed by atoms with E-state index < -0.39 is 0 Å². The smallest absolute Gasteiger partial charge is 0.248 e. The lowest BCUT2D eigenvalue weighted by atomic mass is 9.98. The number of piperidine rings is 1. The lowest BCUT2D eigenvalue weighted by molar-refractivity contribution is -0.125. The van der Waals surface area contributed by atoms with Crippen molar-refractivity contribution in [3.63, 3.8) is 0 Å². The molecule has 3 aromatic carbocycles. The van der Waals surface area contributed by atoms with Crippen LogP contribution in [0.5, 0.6) is 0 Å². The van der Waals surface area contributed by atoms with E-state index in [9.17, 15) is 9.90 Å². The fraction of sp³-hybridized carbons (Fsp3) is 0.367. The van der Waals surface area contributed by atoms with Gasteiger partial charge in [0.05, 0.1) is 6.10 Å². The highest BCUT2D eigenvalue weighted by Crippen LogP contribution is 2.30. The van der Waals surface area contributed by atoms with Crippen molar-refractivity contribution in [3.8, 4) is 0 Å². The monoisotopic (exact) mass is 456 g/mol. The van der Waals surface area contributed by atoms with Crippen LogP contribution in [0.4, 0.5) is 5.69 Å². The molecule has 4 rings (SSSR count). The first kappa shape index (κ1) is 24.2. The quantitative estimate of drug-likeness (QED) is 0.519. The highest BCUT2D eigenvalue weighted by Gasteiger charge is 2.34. The van der Waals surface area contributed by atoms with E-state index in [0.717, 1.165) is 17.7 Å². The molecule has 1 atom stereocenters. The number of carbonyl (C=O) groups is 1. The fourth-order valence-electron chi connectivity index (χ4n) is 4.69. The highest BCUT2D eigenvalue weighted by atomic mass is 16.3. The summed E-state index contributed by atoms with van der Waals surface area (Å²) < 4.78 is 0. The molecule has 1 fully saturated rings. The van der Waals surface area contributed by atoms with Gasteiger partial charge in [0.25, 0.3) is 0 Å². The van der Waals surface area contributed by atoms with Crippen molar-refractivity contribution < 1.29 is 9.90 Å². The van der Waals surface area contributed by atoms with Gasteiger partial charge in [0.2, 0.25) is 5.91 Å². The fourth-order valence-corrected chi connectivity index (χ4v) is 4.69. The maximum Gasteiger partial charge on any atom is 0.248 e. The highest BCUT2D eigenvalue weighted by molar-refractivity contribution is 5.98. The lowest BCUT2D eigenvalue weighted by Crippen LogP contribution is -2.47. The van der Waals surface area contributed by atoms with Crippen LogP contribution < -0.4 is 4.90 Å². The minimum atomic E-state index is -0.367. The molecule has 1 aliphatic heterocycles. The number of benzene rings is 3. The number of anilines is 1. The molecule has 4 heteroatoms. The number of amides is 1. The minimum absolute atomic E-state index is 0.0953. The van der Waals surface area contributed by atoms with Crippen molar-refractivity contribution in [3.05, 3.63) is 101 Å². The number of aliphatic hydroxyl groups excluding tert-OH is 1. The molecule has 0 saturated carbocycles. The Labute approximate surface area is 203 Å². The Morgan fingerprint density at radius 3 is 2.26 bits per heavy atom. The van der Waals surface area contributed by atoms with E-state index >= 15 is 0 Å². The molecule has 0 radical (unpaired) electrons. The summed E-state index contributed by atoms with van der Waals surface area (Å²) in [6, 6.07) is 24.6. The second kappa shape index (κ2) is 11.0. The Morgan fingerprint density at radius 2 is 1.62 bits per heavy atom. The van der Waals surface area contributed by atoms with Crippen molar-refractivity contribution in [2.24, 2.45) is 0 Å². The summed E-state index contributed by atoms with van der Waals surface area (Å²) in [5.41, 5.74) is 6.82. The molecule has 1 heterocycles. The van der Waals surface area contributed by atoms with Gasteiger partial charge in [-0.15, -0.1) is 0 Å². The number of hydrogen-bond acceptors (Lipinski definition) is 3. The van der Waals surface area contributed by atoms with Crippen molar-refractivity contribution in [1.82, 2.24) is 4.90 Å².